The van der Waals surface area contributed by atoms with Crippen molar-refractivity contribution in [2.24, 2.45) is 7.05 Å². The summed E-state index contributed by atoms with van der Waals surface area (Å²) in [4.78, 5) is 10.9. The molecule has 7 nitrogen and oxygen atoms in total. The van der Waals surface area contributed by atoms with Crippen molar-refractivity contribution in [1.82, 2.24) is 9.78 Å². The molecule has 112 valence electrons. The molecule has 0 fully saturated rings. The Hall–Kier alpha value is -2.57. The minimum atomic E-state index is -0.434. The van der Waals surface area contributed by atoms with Gasteiger partial charge in [0.2, 0.25) is 11.6 Å². The van der Waals surface area contributed by atoms with Crippen LogP contribution in [0.4, 0.5) is 11.4 Å². The number of rotatable bonds is 6. The Morgan fingerprint density at radius 3 is 2.81 bits per heavy atom. The van der Waals surface area contributed by atoms with Crippen LogP contribution < -0.4 is 10.1 Å². The first-order valence-electron chi connectivity index (χ1n) is 6.72. The standard InChI is InChI=1S/C14H18N4O3/c1-4-8-15-11-6-5-7-12(14(11)18(19)20)21-13-9-10(2)16-17(13)3/h5-7,9,15H,4,8H2,1-3H3. The third-order valence-corrected chi connectivity index (χ3v) is 2.92. The molecule has 2 aromatic rings. The molecular weight excluding hydrogens is 272 g/mol. The van der Waals surface area contributed by atoms with Gasteiger partial charge in [-0.25, -0.2) is 4.68 Å². The first-order valence-corrected chi connectivity index (χ1v) is 6.72. The van der Waals surface area contributed by atoms with E-state index in [1.54, 1.807) is 36.0 Å². The fourth-order valence-corrected chi connectivity index (χ4v) is 1.99. The molecule has 1 aromatic carbocycles. The van der Waals surface area contributed by atoms with Crippen LogP contribution in [-0.4, -0.2) is 21.2 Å². The highest BCUT2D eigenvalue weighted by atomic mass is 16.6. The smallest absolute Gasteiger partial charge is 0.334 e. The Morgan fingerprint density at radius 1 is 1.48 bits per heavy atom. The maximum Gasteiger partial charge on any atom is 0.334 e. The van der Waals surface area contributed by atoms with Crippen molar-refractivity contribution in [2.45, 2.75) is 20.3 Å². The van der Waals surface area contributed by atoms with Crippen LogP contribution >= 0.6 is 0 Å². The van der Waals surface area contributed by atoms with Crippen molar-refractivity contribution in [3.8, 4) is 11.6 Å². The van der Waals surface area contributed by atoms with E-state index in [9.17, 15) is 10.1 Å². The molecular formula is C14H18N4O3. The van der Waals surface area contributed by atoms with Gasteiger partial charge in [0.1, 0.15) is 5.69 Å². The Bertz CT molecular complexity index is 652. The molecule has 2 rings (SSSR count). The predicted octanol–water partition coefficient (Wildman–Crippen LogP) is 3.25. The van der Waals surface area contributed by atoms with Crippen LogP contribution in [0, 0.1) is 17.0 Å². The van der Waals surface area contributed by atoms with Gasteiger partial charge in [-0.15, -0.1) is 0 Å². The zero-order valence-corrected chi connectivity index (χ0v) is 12.3. The first kappa shape index (κ1) is 14.8. The Morgan fingerprint density at radius 2 is 2.24 bits per heavy atom. The lowest BCUT2D eigenvalue weighted by Gasteiger charge is -2.10. The van der Waals surface area contributed by atoms with Crippen LogP contribution in [0.1, 0.15) is 19.0 Å². The second-order valence-electron chi connectivity index (χ2n) is 4.69. The molecule has 0 bridgehead atoms. The molecule has 0 aliphatic carbocycles. The lowest BCUT2D eigenvalue weighted by molar-refractivity contribution is -0.384. The summed E-state index contributed by atoms with van der Waals surface area (Å²) in [5.74, 6) is 0.660. The zero-order valence-electron chi connectivity index (χ0n) is 12.3. The molecule has 0 amide bonds. The van der Waals surface area contributed by atoms with E-state index >= 15 is 0 Å². The highest BCUT2D eigenvalue weighted by molar-refractivity contribution is 5.68. The van der Waals surface area contributed by atoms with Crippen LogP contribution in [0.3, 0.4) is 0 Å². The molecule has 0 atom stereocenters. The van der Waals surface area contributed by atoms with Crippen LogP contribution in [0.15, 0.2) is 24.3 Å². The third-order valence-electron chi connectivity index (χ3n) is 2.92. The van der Waals surface area contributed by atoms with Crippen molar-refractivity contribution in [2.75, 3.05) is 11.9 Å². The van der Waals surface area contributed by atoms with E-state index in [0.29, 0.717) is 18.1 Å². The van der Waals surface area contributed by atoms with Crippen LogP contribution in [-0.2, 0) is 7.05 Å². The summed E-state index contributed by atoms with van der Waals surface area (Å²) in [7, 11) is 1.73. The van der Waals surface area contributed by atoms with Gasteiger partial charge in [0.05, 0.1) is 10.6 Å². The molecule has 0 spiro atoms. The molecule has 1 aromatic heterocycles. The van der Waals surface area contributed by atoms with Crippen LogP contribution in [0.5, 0.6) is 11.6 Å². The topological polar surface area (TPSA) is 82.2 Å². The van der Waals surface area contributed by atoms with Crippen molar-refractivity contribution < 1.29 is 9.66 Å². The Kier molecular flexibility index (Phi) is 4.42. The van der Waals surface area contributed by atoms with Crippen LogP contribution in [0.25, 0.3) is 0 Å². The summed E-state index contributed by atoms with van der Waals surface area (Å²) < 4.78 is 7.21. The summed E-state index contributed by atoms with van der Waals surface area (Å²) >= 11 is 0. The summed E-state index contributed by atoms with van der Waals surface area (Å²) in [5, 5.41) is 18.6. The maximum absolute atomic E-state index is 11.3. The van der Waals surface area contributed by atoms with E-state index in [1.807, 2.05) is 13.8 Å². The fraction of sp³-hybridized carbons (Fsp3) is 0.357. The number of anilines is 1. The molecule has 0 unspecified atom stereocenters. The number of para-hydroxylation sites is 1. The van der Waals surface area contributed by atoms with Gasteiger partial charge in [0.15, 0.2) is 0 Å². The zero-order chi connectivity index (χ0) is 15.4. The minimum absolute atomic E-state index is 0.0650. The summed E-state index contributed by atoms with van der Waals surface area (Å²) in [5.41, 5.74) is 1.18. The van der Waals surface area contributed by atoms with Gasteiger partial charge in [-0.05, 0) is 25.5 Å². The van der Waals surface area contributed by atoms with Gasteiger partial charge >= 0.3 is 5.69 Å². The summed E-state index contributed by atoms with van der Waals surface area (Å²) in [6.45, 7) is 4.49. The van der Waals surface area contributed by atoms with Crippen LogP contribution in [0.2, 0.25) is 0 Å². The number of hydrogen-bond donors (Lipinski definition) is 1. The number of aromatic nitrogens is 2. The molecule has 1 heterocycles. The second kappa shape index (κ2) is 6.25. The highest BCUT2D eigenvalue weighted by Crippen LogP contribution is 2.37. The van der Waals surface area contributed by atoms with Crippen molar-refractivity contribution >= 4 is 11.4 Å². The first-order chi connectivity index (χ1) is 10.0. The largest absolute Gasteiger partial charge is 0.432 e. The van der Waals surface area contributed by atoms with Crippen molar-refractivity contribution in [1.29, 1.82) is 0 Å². The number of nitro benzene ring substituents is 1. The second-order valence-corrected chi connectivity index (χ2v) is 4.69. The molecule has 1 N–H and O–H groups in total. The number of ether oxygens (including phenoxy) is 1. The summed E-state index contributed by atoms with van der Waals surface area (Å²) in [6.07, 6.45) is 0.878. The van der Waals surface area contributed by atoms with E-state index in [-0.39, 0.29) is 11.4 Å². The van der Waals surface area contributed by atoms with Crippen molar-refractivity contribution in [3.63, 3.8) is 0 Å². The van der Waals surface area contributed by atoms with E-state index in [4.69, 9.17) is 4.74 Å². The summed E-state index contributed by atoms with van der Waals surface area (Å²) in [6, 6.07) is 6.71. The number of benzene rings is 1. The Balaban J connectivity index is 2.38. The van der Waals surface area contributed by atoms with E-state index in [0.717, 1.165) is 12.1 Å². The van der Waals surface area contributed by atoms with Gasteiger partial charge in [-0.2, -0.15) is 5.10 Å². The molecule has 0 aliphatic rings. The molecule has 0 saturated carbocycles. The number of nitrogens with one attached hydrogen (secondary N) is 1. The molecule has 0 aliphatic heterocycles. The lowest BCUT2D eigenvalue weighted by Crippen LogP contribution is -2.05. The van der Waals surface area contributed by atoms with Gasteiger partial charge in [-0.3, -0.25) is 10.1 Å². The number of nitro groups is 1. The van der Waals surface area contributed by atoms with Gasteiger partial charge < -0.3 is 10.1 Å². The third kappa shape index (κ3) is 3.31. The van der Waals surface area contributed by atoms with E-state index in [1.165, 1.54) is 0 Å². The SMILES string of the molecule is CCCNc1cccc(Oc2cc(C)nn2C)c1[N+](=O)[O-]. The Labute approximate surface area is 122 Å². The maximum atomic E-state index is 11.3. The van der Waals surface area contributed by atoms with Gasteiger partial charge in [0, 0.05) is 19.7 Å². The van der Waals surface area contributed by atoms with E-state index < -0.39 is 4.92 Å². The van der Waals surface area contributed by atoms with Crippen molar-refractivity contribution in [3.05, 3.63) is 40.1 Å². The predicted molar refractivity (Wildman–Crippen MR) is 79.9 cm³/mol. The molecule has 21 heavy (non-hydrogen) atoms. The minimum Gasteiger partial charge on any atom is -0.432 e. The lowest BCUT2D eigenvalue weighted by atomic mass is 10.2. The highest BCUT2D eigenvalue weighted by Gasteiger charge is 2.22. The average molecular weight is 290 g/mol. The fourth-order valence-electron chi connectivity index (χ4n) is 1.99. The number of aryl methyl sites for hydroxylation is 2. The number of nitrogens with zero attached hydrogens (tertiary/aromatic N) is 3. The number of hydrogen-bond acceptors (Lipinski definition) is 5. The normalized spacial score (nSPS) is 10.4. The van der Waals surface area contributed by atoms with Gasteiger partial charge in [0.25, 0.3) is 0 Å². The average Bonchev–Trinajstić information content (AvgIpc) is 2.74. The van der Waals surface area contributed by atoms with E-state index in [2.05, 4.69) is 10.4 Å². The molecule has 7 heteroatoms. The quantitative estimate of drug-likeness (QED) is 0.652. The molecule has 0 radical (unpaired) electrons. The molecule has 0 saturated heterocycles. The van der Waals surface area contributed by atoms with Gasteiger partial charge in [-0.1, -0.05) is 13.0 Å². The monoisotopic (exact) mass is 290 g/mol.